The molecule has 2 rings (SSSR count). The fourth-order valence-corrected chi connectivity index (χ4v) is 2.33. The van der Waals surface area contributed by atoms with Gasteiger partial charge in [0, 0.05) is 6.20 Å². The molecule has 12 heavy (non-hydrogen) atoms. The van der Waals surface area contributed by atoms with Crippen molar-refractivity contribution in [2.75, 3.05) is 0 Å². The van der Waals surface area contributed by atoms with E-state index < -0.39 is 11.1 Å². The van der Waals surface area contributed by atoms with E-state index in [4.69, 9.17) is 4.55 Å². The summed E-state index contributed by atoms with van der Waals surface area (Å²) in [6, 6.07) is 1.60. The van der Waals surface area contributed by atoms with Gasteiger partial charge in [-0.05, 0) is 6.07 Å². The van der Waals surface area contributed by atoms with E-state index in [0.29, 0.717) is 9.73 Å². The first-order valence-corrected chi connectivity index (χ1v) is 5.00. The molecule has 0 radical (unpaired) electrons. The van der Waals surface area contributed by atoms with E-state index in [1.165, 1.54) is 17.7 Å². The summed E-state index contributed by atoms with van der Waals surface area (Å²) < 4.78 is 20.6. The molecule has 1 atom stereocenters. The minimum absolute atomic E-state index is 0.408. The normalized spacial score (nSPS) is 13.4. The molecule has 0 aromatic carbocycles. The molecule has 2 aromatic rings. The van der Waals surface area contributed by atoms with E-state index >= 15 is 0 Å². The second-order valence-electron chi connectivity index (χ2n) is 2.09. The SMILES string of the molecule is O=S(O)c1cc2ncncc2s1. The number of hydrogen-bond donors (Lipinski definition) is 1. The Labute approximate surface area is 74.6 Å². The topological polar surface area (TPSA) is 63.1 Å². The highest BCUT2D eigenvalue weighted by Crippen LogP contribution is 2.24. The molecule has 6 heteroatoms. The average Bonchev–Trinajstić information content (AvgIpc) is 2.46. The molecule has 0 fully saturated rings. The first-order valence-electron chi connectivity index (χ1n) is 3.08. The van der Waals surface area contributed by atoms with Crippen molar-refractivity contribution in [1.82, 2.24) is 9.97 Å². The van der Waals surface area contributed by atoms with Gasteiger partial charge in [0.2, 0.25) is 0 Å². The molecule has 1 unspecified atom stereocenters. The third-order valence-corrected chi connectivity index (χ3v) is 3.34. The van der Waals surface area contributed by atoms with E-state index in [1.807, 2.05) is 0 Å². The van der Waals surface area contributed by atoms with Crippen LogP contribution in [0.5, 0.6) is 0 Å². The number of fused-ring (bicyclic) bond motifs is 1. The average molecular weight is 200 g/mol. The van der Waals surface area contributed by atoms with Crippen LogP contribution in [0.15, 0.2) is 22.8 Å². The Bertz CT molecular complexity index is 407. The van der Waals surface area contributed by atoms with E-state index in [-0.39, 0.29) is 0 Å². The van der Waals surface area contributed by atoms with Gasteiger partial charge in [-0.25, -0.2) is 14.2 Å². The van der Waals surface area contributed by atoms with Gasteiger partial charge in [-0.1, -0.05) is 0 Å². The Morgan fingerprint density at radius 1 is 1.58 bits per heavy atom. The molecule has 0 amide bonds. The highest BCUT2D eigenvalue weighted by atomic mass is 32.2. The van der Waals surface area contributed by atoms with Gasteiger partial charge in [0.1, 0.15) is 10.5 Å². The quantitative estimate of drug-likeness (QED) is 0.704. The minimum Gasteiger partial charge on any atom is -0.302 e. The number of aromatic nitrogens is 2. The van der Waals surface area contributed by atoms with Gasteiger partial charge < -0.3 is 4.55 Å². The van der Waals surface area contributed by atoms with Crippen LogP contribution in [0, 0.1) is 0 Å². The van der Waals surface area contributed by atoms with Crippen LogP contribution in [0.2, 0.25) is 0 Å². The fraction of sp³-hybridized carbons (Fsp3) is 0. The standard InChI is InChI=1S/C6H4N2O2S2/c9-12(10)6-1-4-5(11-6)2-7-3-8-4/h1-3H,(H,9,10). The predicted octanol–water partition coefficient (Wildman–Crippen LogP) is 1.27. The van der Waals surface area contributed by atoms with Crippen molar-refractivity contribution in [1.29, 1.82) is 0 Å². The smallest absolute Gasteiger partial charge is 0.196 e. The Morgan fingerprint density at radius 2 is 2.42 bits per heavy atom. The zero-order valence-corrected chi connectivity index (χ0v) is 7.43. The Hall–Kier alpha value is -0.850. The third-order valence-electron chi connectivity index (χ3n) is 1.34. The summed E-state index contributed by atoms with van der Waals surface area (Å²) in [5.74, 6) is 0. The summed E-state index contributed by atoms with van der Waals surface area (Å²) in [5, 5.41) is 0. The summed E-state index contributed by atoms with van der Waals surface area (Å²) in [4.78, 5) is 7.74. The lowest BCUT2D eigenvalue weighted by atomic mass is 10.5. The van der Waals surface area contributed by atoms with Crippen LogP contribution in [0.3, 0.4) is 0 Å². The van der Waals surface area contributed by atoms with Crippen molar-refractivity contribution in [2.45, 2.75) is 4.21 Å². The van der Waals surface area contributed by atoms with Crippen LogP contribution in [-0.2, 0) is 11.1 Å². The van der Waals surface area contributed by atoms with Crippen molar-refractivity contribution in [2.24, 2.45) is 0 Å². The molecular formula is C6H4N2O2S2. The Balaban J connectivity index is 2.70. The van der Waals surface area contributed by atoms with Gasteiger partial charge in [0.05, 0.1) is 10.2 Å². The first-order chi connectivity index (χ1) is 5.77. The van der Waals surface area contributed by atoms with Crippen LogP contribution in [0.4, 0.5) is 0 Å². The lowest BCUT2D eigenvalue weighted by molar-refractivity contribution is 0.566. The van der Waals surface area contributed by atoms with Crippen molar-refractivity contribution in [3.63, 3.8) is 0 Å². The monoisotopic (exact) mass is 200 g/mol. The van der Waals surface area contributed by atoms with E-state index in [1.54, 1.807) is 12.3 Å². The molecule has 0 saturated heterocycles. The van der Waals surface area contributed by atoms with Gasteiger partial charge in [0.15, 0.2) is 11.1 Å². The molecule has 1 N–H and O–H groups in total. The molecule has 0 spiro atoms. The summed E-state index contributed by atoms with van der Waals surface area (Å²) in [6.07, 6.45) is 3.04. The fourth-order valence-electron chi connectivity index (χ4n) is 0.849. The van der Waals surface area contributed by atoms with Gasteiger partial charge >= 0.3 is 0 Å². The molecule has 4 nitrogen and oxygen atoms in total. The number of thiophene rings is 1. The maximum Gasteiger partial charge on any atom is 0.196 e. The van der Waals surface area contributed by atoms with Crippen molar-refractivity contribution in [3.05, 3.63) is 18.6 Å². The molecular weight excluding hydrogens is 196 g/mol. The van der Waals surface area contributed by atoms with Gasteiger partial charge in [-0.15, -0.1) is 11.3 Å². The number of rotatable bonds is 1. The van der Waals surface area contributed by atoms with E-state index in [2.05, 4.69) is 9.97 Å². The van der Waals surface area contributed by atoms with Gasteiger partial charge in [0.25, 0.3) is 0 Å². The Kier molecular flexibility index (Phi) is 1.87. The summed E-state index contributed by atoms with van der Waals surface area (Å²) in [7, 11) is 0. The van der Waals surface area contributed by atoms with Crippen molar-refractivity contribution >= 4 is 32.6 Å². The van der Waals surface area contributed by atoms with E-state index in [9.17, 15) is 4.21 Å². The lowest BCUT2D eigenvalue weighted by Crippen LogP contribution is -1.80. The lowest BCUT2D eigenvalue weighted by Gasteiger charge is -1.81. The largest absolute Gasteiger partial charge is 0.302 e. The van der Waals surface area contributed by atoms with Crippen LogP contribution in [0.1, 0.15) is 0 Å². The second kappa shape index (κ2) is 2.89. The second-order valence-corrected chi connectivity index (χ2v) is 4.37. The van der Waals surface area contributed by atoms with Crippen LogP contribution < -0.4 is 0 Å². The molecule has 0 aliphatic rings. The molecule has 0 bridgehead atoms. The summed E-state index contributed by atoms with van der Waals surface area (Å²) in [5.41, 5.74) is 0.715. The summed E-state index contributed by atoms with van der Waals surface area (Å²) >= 11 is -0.681. The molecule has 0 aliphatic carbocycles. The van der Waals surface area contributed by atoms with Gasteiger partial charge in [-0.2, -0.15) is 0 Å². The highest BCUT2D eigenvalue weighted by Gasteiger charge is 2.06. The molecule has 2 heterocycles. The Morgan fingerprint density at radius 3 is 3.08 bits per heavy atom. The zero-order chi connectivity index (χ0) is 8.55. The molecule has 0 saturated carbocycles. The maximum atomic E-state index is 10.6. The van der Waals surface area contributed by atoms with E-state index in [0.717, 1.165) is 4.70 Å². The number of nitrogens with zero attached hydrogens (tertiary/aromatic N) is 2. The predicted molar refractivity (Wildman–Crippen MR) is 46.5 cm³/mol. The number of hydrogen-bond acceptors (Lipinski definition) is 4. The minimum atomic E-state index is -1.91. The van der Waals surface area contributed by atoms with Crippen LogP contribution in [0.25, 0.3) is 10.2 Å². The third kappa shape index (κ3) is 1.24. The summed E-state index contributed by atoms with van der Waals surface area (Å²) in [6.45, 7) is 0. The molecule has 0 aliphatic heterocycles. The first kappa shape index (κ1) is 7.78. The van der Waals surface area contributed by atoms with Crippen molar-refractivity contribution in [3.8, 4) is 0 Å². The van der Waals surface area contributed by atoms with Gasteiger partial charge in [-0.3, -0.25) is 0 Å². The molecule has 62 valence electrons. The van der Waals surface area contributed by atoms with Crippen LogP contribution in [-0.4, -0.2) is 18.7 Å². The van der Waals surface area contributed by atoms with Crippen LogP contribution >= 0.6 is 11.3 Å². The zero-order valence-electron chi connectivity index (χ0n) is 5.80. The van der Waals surface area contributed by atoms with Crippen molar-refractivity contribution < 1.29 is 8.76 Å². The highest BCUT2D eigenvalue weighted by molar-refractivity contribution is 7.82. The maximum absolute atomic E-state index is 10.6. The molecule has 2 aromatic heterocycles.